The molecule has 1 aromatic rings. The van der Waals surface area contributed by atoms with Crippen molar-refractivity contribution in [2.45, 2.75) is 4.90 Å². The van der Waals surface area contributed by atoms with Crippen LogP contribution >= 0.6 is 11.8 Å². The Hall–Kier alpha value is -0.850. The number of rotatable bonds is 7. The number of nitrogens with two attached hydrogens (primary N) is 1. The van der Waals surface area contributed by atoms with E-state index in [0.29, 0.717) is 25.6 Å². The lowest BCUT2D eigenvalue weighted by atomic mass is 10.3. The Bertz CT molecular complexity index is 340. The quantitative estimate of drug-likeness (QED) is 0.466. The maximum Gasteiger partial charge on any atom is 0.141 e. The first kappa shape index (κ1) is 14.2. The summed E-state index contributed by atoms with van der Waals surface area (Å²) in [7, 11) is 1.58. The molecule has 0 heterocycles. The summed E-state index contributed by atoms with van der Waals surface area (Å²) in [6.45, 7) is 1.40. The summed E-state index contributed by atoms with van der Waals surface area (Å²) in [5, 5.41) is 0. The predicted octanol–water partition coefficient (Wildman–Crippen LogP) is 2.30. The van der Waals surface area contributed by atoms with Crippen molar-refractivity contribution >= 4 is 17.4 Å². The van der Waals surface area contributed by atoms with Crippen LogP contribution in [0.5, 0.6) is 0 Å². The van der Waals surface area contributed by atoms with Crippen LogP contribution in [0, 0.1) is 11.6 Å². The first-order valence-electron chi connectivity index (χ1n) is 5.09. The lowest BCUT2D eigenvalue weighted by Gasteiger charge is -2.06. The van der Waals surface area contributed by atoms with Crippen LogP contribution in [0.2, 0.25) is 0 Å². The lowest BCUT2D eigenvalue weighted by Crippen LogP contribution is -2.05. The van der Waals surface area contributed by atoms with Crippen molar-refractivity contribution in [1.29, 1.82) is 0 Å². The van der Waals surface area contributed by atoms with Gasteiger partial charge in [0.1, 0.15) is 11.6 Å². The second-order valence-electron chi connectivity index (χ2n) is 3.27. The first-order chi connectivity index (χ1) is 8.15. The van der Waals surface area contributed by atoms with Crippen LogP contribution in [-0.4, -0.2) is 32.7 Å². The van der Waals surface area contributed by atoms with Gasteiger partial charge >= 0.3 is 0 Å². The van der Waals surface area contributed by atoms with Crippen LogP contribution in [0.25, 0.3) is 0 Å². The third-order valence-corrected chi connectivity index (χ3v) is 2.98. The standard InChI is InChI=1S/C11H15F2NO2S/c1-15-2-3-16-4-5-17-11-9(12)6-8(14)7-10(11)13/h6-7H,2-5,14H2,1H3. The summed E-state index contributed by atoms with van der Waals surface area (Å²) < 4.78 is 36.7. The van der Waals surface area contributed by atoms with Gasteiger partial charge in [0.15, 0.2) is 0 Å². The third-order valence-electron chi connectivity index (χ3n) is 1.93. The fraction of sp³-hybridized carbons (Fsp3) is 0.455. The molecule has 0 aliphatic heterocycles. The SMILES string of the molecule is COCCOCCSc1c(F)cc(N)cc1F. The molecule has 1 aromatic carbocycles. The molecule has 2 N–H and O–H groups in total. The molecule has 0 aliphatic carbocycles. The predicted molar refractivity (Wildman–Crippen MR) is 64.2 cm³/mol. The van der Waals surface area contributed by atoms with Crippen LogP contribution in [0.3, 0.4) is 0 Å². The second kappa shape index (κ2) is 7.47. The van der Waals surface area contributed by atoms with Gasteiger partial charge in [-0.05, 0) is 12.1 Å². The zero-order valence-corrected chi connectivity index (χ0v) is 10.4. The van der Waals surface area contributed by atoms with Crippen molar-refractivity contribution in [3.63, 3.8) is 0 Å². The largest absolute Gasteiger partial charge is 0.399 e. The van der Waals surface area contributed by atoms with Gasteiger partial charge in [-0.15, -0.1) is 11.8 Å². The topological polar surface area (TPSA) is 44.5 Å². The fourth-order valence-corrected chi connectivity index (χ4v) is 1.96. The van der Waals surface area contributed by atoms with E-state index >= 15 is 0 Å². The number of hydrogen-bond acceptors (Lipinski definition) is 4. The van der Waals surface area contributed by atoms with Crippen molar-refractivity contribution in [3.05, 3.63) is 23.8 Å². The molecule has 0 aliphatic rings. The van der Waals surface area contributed by atoms with E-state index in [1.807, 2.05) is 0 Å². The van der Waals surface area contributed by atoms with Crippen molar-refractivity contribution in [2.24, 2.45) is 0 Å². The molecular formula is C11H15F2NO2S. The molecule has 0 radical (unpaired) electrons. The van der Waals surface area contributed by atoms with Crippen LogP contribution in [0.15, 0.2) is 17.0 Å². The lowest BCUT2D eigenvalue weighted by molar-refractivity contribution is 0.0790. The highest BCUT2D eigenvalue weighted by molar-refractivity contribution is 7.99. The fourth-order valence-electron chi connectivity index (χ4n) is 1.16. The number of thioether (sulfide) groups is 1. The highest BCUT2D eigenvalue weighted by Crippen LogP contribution is 2.26. The van der Waals surface area contributed by atoms with E-state index in [2.05, 4.69) is 0 Å². The van der Waals surface area contributed by atoms with Gasteiger partial charge in [0.25, 0.3) is 0 Å². The van der Waals surface area contributed by atoms with Crippen molar-refractivity contribution in [2.75, 3.05) is 38.4 Å². The van der Waals surface area contributed by atoms with Gasteiger partial charge < -0.3 is 15.2 Å². The Labute approximate surface area is 103 Å². The van der Waals surface area contributed by atoms with E-state index < -0.39 is 11.6 Å². The normalized spacial score (nSPS) is 10.8. The van der Waals surface area contributed by atoms with Gasteiger partial charge in [0.2, 0.25) is 0 Å². The molecule has 0 fully saturated rings. The summed E-state index contributed by atoms with van der Waals surface area (Å²) in [6, 6.07) is 2.22. The number of methoxy groups -OCH3 is 1. The summed E-state index contributed by atoms with van der Waals surface area (Å²) in [5.74, 6) is -0.796. The first-order valence-corrected chi connectivity index (χ1v) is 6.07. The van der Waals surface area contributed by atoms with Crippen LogP contribution in [0.4, 0.5) is 14.5 Å². The zero-order valence-electron chi connectivity index (χ0n) is 9.54. The van der Waals surface area contributed by atoms with E-state index in [0.717, 1.165) is 23.9 Å². The number of ether oxygens (including phenoxy) is 2. The molecule has 0 unspecified atom stereocenters. The van der Waals surface area contributed by atoms with Gasteiger partial charge in [-0.2, -0.15) is 0 Å². The molecule has 0 saturated carbocycles. The van der Waals surface area contributed by atoms with Crippen LogP contribution in [-0.2, 0) is 9.47 Å². The maximum absolute atomic E-state index is 13.3. The highest BCUT2D eigenvalue weighted by Gasteiger charge is 2.10. The number of halogens is 2. The van der Waals surface area contributed by atoms with Crippen LogP contribution in [0.1, 0.15) is 0 Å². The summed E-state index contributed by atoms with van der Waals surface area (Å²) >= 11 is 1.07. The van der Waals surface area contributed by atoms with E-state index in [4.69, 9.17) is 15.2 Å². The van der Waals surface area contributed by atoms with Gasteiger partial charge in [-0.1, -0.05) is 0 Å². The van der Waals surface area contributed by atoms with E-state index in [-0.39, 0.29) is 10.6 Å². The highest BCUT2D eigenvalue weighted by atomic mass is 32.2. The molecule has 1 rings (SSSR count). The number of hydrogen-bond donors (Lipinski definition) is 1. The molecule has 0 saturated heterocycles. The number of nitrogen functional groups attached to an aromatic ring is 1. The molecule has 3 nitrogen and oxygen atoms in total. The zero-order chi connectivity index (χ0) is 12.7. The molecule has 17 heavy (non-hydrogen) atoms. The monoisotopic (exact) mass is 263 g/mol. The maximum atomic E-state index is 13.3. The Morgan fingerprint density at radius 3 is 2.41 bits per heavy atom. The van der Waals surface area contributed by atoms with Crippen molar-refractivity contribution in [3.8, 4) is 0 Å². The molecular weight excluding hydrogens is 248 g/mol. The number of benzene rings is 1. The van der Waals surface area contributed by atoms with E-state index in [1.54, 1.807) is 7.11 Å². The van der Waals surface area contributed by atoms with Crippen molar-refractivity contribution < 1.29 is 18.3 Å². The van der Waals surface area contributed by atoms with E-state index in [1.165, 1.54) is 0 Å². The van der Waals surface area contributed by atoms with E-state index in [9.17, 15) is 8.78 Å². The minimum Gasteiger partial charge on any atom is -0.399 e. The Kier molecular flexibility index (Phi) is 6.25. The molecule has 0 spiro atoms. The molecule has 0 aromatic heterocycles. The Morgan fingerprint density at radius 1 is 1.18 bits per heavy atom. The molecule has 0 atom stereocenters. The summed E-state index contributed by atoms with van der Waals surface area (Å²) in [4.78, 5) is -0.0189. The summed E-state index contributed by atoms with van der Waals surface area (Å²) in [6.07, 6.45) is 0. The Morgan fingerprint density at radius 2 is 1.82 bits per heavy atom. The van der Waals surface area contributed by atoms with Crippen LogP contribution < -0.4 is 5.73 Å². The minimum absolute atomic E-state index is 0.0189. The van der Waals surface area contributed by atoms with Crippen molar-refractivity contribution in [1.82, 2.24) is 0 Å². The van der Waals surface area contributed by atoms with Gasteiger partial charge in [-0.3, -0.25) is 0 Å². The number of anilines is 1. The summed E-state index contributed by atoms with van der Waals surface area (Å²) in [5.41, 5.74) is 5.39. The van der Waals surface area contributed by atoms with Gasteiger partial charge in [0.05, 0.1) is 24.7 Å². The molecule has 96 valence electrons. The average molecular weight is 263 g/mol. The molecule has 0 amide bonds. The smallest absolute Gasteiger partial charge is 0.141 e. The third kappa shape index (κ3) is 4.89. The average Bonchev–Trinajstić information content (AvgIpc) is 2.26. The second-order valence-corrected chi connectivity index (χ2v) is 4.37. The van der Waals surface area contributed by atoms with Gasteiger partial charge in [0, 0.05) is 18.6 Å². The van der Waals surface area contributed by atoms with Gasteiger partial charge in [-0.25, -0.2) is 8.78 Å². The molecule has 0 bridgehead atoms. The Balaban J connectivity index is 2.36. The minimum atomic E-state index is -0.635. The molecule has 6 heteroatoms.